The Hall–Kier alpha value is -0.780. The summed E-state index contributed by atoms with van der Waals surface area (Å²) < 4.78 is 5.27. The number of morpholine rings is 1. The second kappa shape index (κ2) is 5.34. The summed E-state index contributed by atoms with van der Waals surface area (Å²) in [5.41, 5.74) is 0.553. The lowest BCUT2D eigenvalue weighted by Crippen LogP contribution is -2.37. The van der Waals surface area contributed by atoms with Crippen molar-refractivity contribution in [3.63, 3.8) is 0 Å². The van der Waals surface area contributed by atoms with Crippen LogP contribution in [0.5, 0.6) is 0 Å². The van der Waals surface area contributed by atoms with Gasteiger partial charge in [-0.3, -0.25) is 9.69 Å². The Morgan fingerprint density at radius 1 is 1.53 bits per heavy atom. The van der Waals surface area contributed by atoms with Gasteiger partial charge in [-0.2, -0.15) is 0 Å². The van der Waals surface area contributed by atoms with Gasteiger partial charge in [0.15, 0.2) is 6.29 Å². The van der Waals surface area contributed by atoms with Gasteiger partial charge in [0.1, 0.15) is 5.69 Å². The molecule has 0 saturated carbocycles. The molecule has 1 aliphatic heterocycles. The maximum absolute atomic E-state index is 10.4. The van der Waals surface area contributed by atoms with Crippen molar-refractivity contribution in [1.29, 1.82) is 0 Å². The summed E-state index contributed by atoms with van der Waals surface area (Å²) in [5, 5.41) is 2.85. The van der Waals surface area contributed by atoms with Gasteiger partial charge in [-0.1, -0.05) is 0 Å². The topological polar surface area (TPSA) is 42.4 Å². The number of aldehydes is 1. The molecular weight excluding hydrogens is 212 g/mol. The highest BCUT2D eigenvalue weighted by molar-refractivity contribution is 7.09. The van der Waals surface area contributed by atoms with Gasteiger partial charge < -0.3 is 4.74 Å². The second-order valence-corrected chi connectivity index (χ2v) is 4.43. The average Bonchev–Trinajstić information content (AvgIpc) is 2.76. The van der Waals surface area contributed by atoms with Crippen molar-refractivity contribution in [2.24, 2.45) is 0 Å². The fourth-order valence-corrected chi connectivity index (χ4v) is 2.30. The van der Waals surface area contributed by atoms with Crippen molar-refractivity contribution in [1.82, 2.24) is 9.88 Å². The third-order valence-corrected chi connectivity index (χ3v) is 3.36. The summed E-state index contributed by atoms with van der Waals surface area (Å²) in [4.78, 5) is 17.0. The maximum atomic E-state index is 10.4. The lowest BCUT2D eigenvalue weighted by atomic mass is 10.3. The smallest absolute Gasteiger partial charge is 0.169 e. The maximum Gasteiger partial charge on any atom is 0.169 e. The van der Waals surface area contributed by atoms with Crippen molar-refractivity contribution < 1.29 is 9.53 Å². The summed E-state index contributed by atoms with van der Waals surface area (Å²) >= 11 is 1.56. The molecule has 1 aromatic rings. The molecule has 0 spiro atoms. The standard InChI is InChI=1S/C10H14N2O2S/c13-7-9-8-15-10(11-9)1-2-12-3-5-14-6-4-12/h7-8H,1-6H2. The van der Waals surface area contributed by atoms with Crippen LogP contribution < -0.4 is 0 Å². The van der Waals surface area contributed by atoms with E-state index in [1.165, 1.54) is 0 Å². The Morgan fingerprint density at radius 2 is 2.33 bits per heavy atom. The highest BCUT2D eigenvalue weighted by Gasteiger charge is 2.10. The Kier molecular flexibility index (Phi) is 3.82. The number of hydrogen-bond acceptors (Lipinski definition) is 5. The van der Waals surface area contributed by atoms with Crippen LogP contribution in [0.1, 0.15) is 15.5 Å². The molecule has 15 heavy (non-hydrogen) atoms. The van der Waals surface area contributed by atoms with E-state index in [9.17, 15) is 4.79 Å². The Bertz CT molecular complexity index is 321. The van der Waals surface area contributed by atoms with Crippen molar-refractivity contribution >= 4 is 17.6 Å². The van der Waals surface area contributed by atoms with Gasteiger partial charge in [0.2, 0.25) is 0 Å². The molecule has 0 atom stereocenters. The van der Waals surface area contributed by atoms with E-state index in [2.05, 4.69) is 9.88 Å². The number of nitrogens with zero attached hydrogens (tertiary/aromatic N) is 2. The van der Waals surface area contributed by atoms with Crippen molar-refractivity contribution in [2.75, 3.05) is 32.8 Å². The molecule has 0 radical (unpaired) electrons. The van der Waals surface area contributed by atoms with Crippen molar-refractivity contribution in [3.05, 3.63) is 16.1 Å². The molecule has 1 fully saturated rings. The summed E-state index contributed by atoms with van der Waals surface area (Å²) in [6.07, 6.45) is 1.73. The van der Waals surface area contributed by atoms with Crippen LogP contribution >= 0.6 is 11.3 Å². The lowest BCUT2D eigenvalue weighted by molar-refractivity contribution is 0.0384. The summed E-state index contributed by atoms with van der Waals surface area (Å²) in [7, 11) is 0. The van der Waals surface area contributed by atoms with Crippen molar-refractivity contribution in [2.45, 2.75) is 6.42 Å². The molecule has 1 saturated heterocycles. The Morgan fingerprint density at radius 3 is 3.00 bits per heavy atom. The van der Waals surface area contributed by atoms with Crippen LogP contribution in [0, 0.1) is 0 Å². The van der Waals surface area contributed by atoms with E-state index in [4.69, 9.17) is 4.74 Å². The molecule has 0 bridgehead atoms. The Labute approximate surface area is 92.9 Å². The highest BCUT2D eigenvalue weighted by atomic mass is 32.1. The molecule has 5 heteroatoms. The van der Waals surface area contributed by atoms with Gasteiger partial charge in [0.25, 0.3) is 0 Å². The zero-order valence-electron chi connectivity index (χ0n) is 8.52. The van der Waals surface area contributed by atoms with Crippen LogP contribution in [0.2, 0.25) is 0 Å². The molecular formula is C10H14N2O2S. The largest absolute Gasteiger partial charge is 0.379 e. The fourth-order valence-electron chi connectivity index (χ4n) is 1.57. The van der Waals surface area contributed by atoms with Crippen molar-refractivity contribution in [3.8, 4) is 0 Å². The van der Waals surface area contributed by atoms with Crippen LogP contribution in [0.3, 0.4) is 0 Å². The minimum absolute atomic E-state index is 0.553. The predicted octanol–water partition coefficient (Wildman–Crippen LogP) is 0.830. The monoisotopic (exact) mass is 226 g/mol. The zero-order valence-corrected chi connectivity index (χ0v) is 9.33. The van der Waals surface area contributed by atoms with E-state index in [1.807, 2.05) is 5.38 Å². The molecule has 1 aliphatic rings. The minimum Gasteiger partial charge on any atom is -0.379 e. The van der Waals surface area contributed by atoms with Gasteiger partial charge in [0.05, 0.1) is 18.2 Å². The quantitative estimate of drug-likeness (QED) is 0.713. The Balaban J connectivity index is 1.79. The number of carbonyl (C=O) groups is 1. The first-order chi connectivity index (χ1) is 7.38. The van der Waals surface area contributed by atoms with Gasteiger partial charge in [-0.15, -0.1) is 11.3 Å². The van der Waals surface area contributed by atoms with Crippen LogP contribution in [-0.4, -0.2) is 49.0 Å². The molecule has 82 valence electrons. The van der Waals surface area contributed by atoms with Crippen LogP contribution in [-0.2, 0) is 11.2 Å². The molecule has 4 nitrogen and oxygen atoms in total. The van der Waals surface area contributed by atoms with Crippen LogP contribution in [0.4, 0.5) is 0 Å². The van der Waals surface area contributed by atoms with E-state index in [0.29, 0.717) is 5.69 Å². The van der Waals surface area contributed by atoms with Gasteiger partial charge in [-0.25, -0.2) is 4.98 Å². The SMILES string of the molecule is O=Cc1csc(CCN2CCOCC2)n1. The lowest BCUT2D eigenvalue weighted by Gasteiger charge is -2.25. The van der Waals surface area contributed by atoms with Gasteiger partial charge in [-0.05, 0) is 0 Å². The van der Waals surface area contributed by atoms with E-state index >= 15 is 0 Å². The number of rotatable bonds is 4. The molecule has 2 rings (SSSR count). The zero-order chi connectivity index (χ0) is 10.5. The first-order valence-electron chi connectivity index (χ1n) is 5.08. The number of ether oxygens (including phenoxy) is 1. The molecule has 0 unspecified atom stereocenters. The first kappa shape index (κ1) is 10.7. The number of aromatic nitrogens is 1. The third kappa shape index (κ3) is 3.09. The second-order valence-electron chi connectivity index (χ2n) is 3.49. The molecule has 2 heterocycles. The number of hydrogen-bond donors (Lipinski definition) is 0. The third-order valence-electron chi connectivity index (χ3n) is 2.44. The molecule has 0 amide bonds. The summed E-state index contributed by atoms with van der Waals surface area (Å²) in [6.45, 7) is 4.68. The number of carbonyl (C=O) groups excluding carboxylic acids is 1. The molecule has 0 aromatic carbocycles. The predicted molar refractivity (Wildman–Crippen MR) is 58.5 cm³/mol. The van der Waals surface area contributed by atoms with E-state index in [0.717, 1.165) is 50.6 Å². The average molecular weight is 226 g/mol. The molecule has 0 N–H and O–H groups in total. The van der Waals surface area contributed by atoms with Crippen LogP contribution in [0.15, 0.2) is 5.38 Å². The summed E-state index contributed by atoms with van der Waals surface area (Å²) in [6, 6.07) is 0. The van der Waals surface area contributed by atoms with E-state index in [-0.39, 0.29) is 0 Å². The normalized spacial score (nSPS) is 17.9. The molecule has 1 aromatic heterocycles. The summed E-state index contributed by atoms with van der Waals surface area (Å²) in [5.74, 6) is 0. The minimum atomic E-state index is 0.553. The van der Waals surface area contributed by atoms with Crippen LogP contribution in [0.25, 0.3) is 0 Å². The van der Waals surface area contributed by atoms with Gasteiger partial charge >= 0.3 is 0 Å². The first-order valence-corrected chi connectivity index (χ1v) is 5.96. The molecule has 0 aliphatic carbocycles. The van der Waals surface area contributed by atoms with E-state index in [1.54, 1.807) is 11.3 Å². The fraction of sp³-hybridized carbons (Fsp3) is 0.600. The number of thiazole rings is 1. The highest BCUT2D eigenvalue weighted by Crippen LogP contribution is 2.09. The van der Waals surface area contributed by atoms with E-state index < -0.39 is 0 Å². The van der Waals surface area contributed by atoms with Gasteiger partial charge in [0, 0.05) is 31.4 Å².